The Morgan fingerprint density at radius 1 is 1.19 bits per heavy atom. The normalized spacial score (nSPS) is 19.1. The minimum Gasteiger partial charge on any atom is -0.477 e. The quantitative estimate of drug-likeness (QED) is 0.143. The third-order valence-electron chi connectivity index (χ3n) is 4.88. The Balaban J connectivity index is 1.36. The third-order valence-corrected chi connectivity index (χ3v) is 10.2. The number of β-lactam (4-membered cyclic amide) rings is 1. The molecule has 2 atom stereocenters. The number of anilines is 2. The Morgan fingerprint density at radius 2 is 1.97 bits per heavy atom. The summed E-state index contributed by atoms with van der Waals surface area (Å²) in [5.74, 6) is -1.33. The fourth-order valence-corrected chi connectivity index (χ4v) is 8.35. The first-order valence-electron chi connectivity index (χ1n) is 10.1. The zero-order valence-electron chi connectivity index (χ0n) is 18.1. The summed E-state index contributed by atoms with van der Waals surface area (Å²) in [7, 11) is 0. The molecule has 1 aromatic heterocycles. The van der Waals surface area contributed by atoms with Crippen LogP contribution in [0, 0.1) is 0 Å². The number of carbonyl (C=O) groups is 3. The number of nitrogen functional groups attached to an aromatic ring is 2. The maximum atomic E-state index is 12.8. The molecule has 1 fully saturated rings. The predicted octanol–water partition coefficient (Wildman–Crippen LogP) is 3.22. The summed E-state index contributed by atoms with van der Waals surface area (Å²) in [5, 5.41) is 14.0. The molecule has 2 aliphatic heterocycles. The van der Waals surface area contributed by atoms with Crippen LogP contribution in [0.4, 0.5) is 11.8 Å². The molecule has 10 nitrogen and oxygen atoms in total. The standard InChI is InChI=1S/C20H18Cl2N6O4S4/c21-8-1-2-9(22)10(3-8)33-6-13(29)26-15-17(30)28-16(19(31)32)11(5-34-18(15)28)35-7-36-14-4-12(23)25-20(24)27-14/h1-4,15,18H,5-7H2,(H,26,29)(H,31,32)(H4,23,24,25,27)/t15-,18-/m1/s1. The van der Waals surface area contributed by atoms with Gasteiger partial charge in [0.05, 0.1) is 10.8 Å². The Kier molecular flexibility index (Phi) is 8.73. The summed E-state index contributed by atoms with van der Waals surface area (Å²) >= 11 is 17.3. The van der Waals surface area contributed by atoms with Gasteiger partial charge in [0.15, 0.2) is 0 Å². The smallest absolute Gasteiger partial charge is 0.353 e. The SMILES string of the molecule is Nc1cc(SCSC2=C(C(=O)O)N3C(=O)[C@@H](NC(=O)CSc4cc(Cl)ccc4Cl)[C@H]3SC2)nc(N)n1. The Labute approximate surface area is 232 Å². The molecule has 0 saturated carbocycles. The second-order valence-electron chi connectivity index (χ2n) is 7.29. The first-order valence-corrected chi connectivity index (χ1v) is 14.8. The number of halogens is 2. The van der Waals surface area contributed by atoms with Crippen molar-refractivity contribution in [2.45, 2.75) is 21.3 Å². The molecule has 2 aliphatic rings. The fourth-order valence-electron chi connectivity index (χ4n) is 3.34. The maximum Gasteiger partial charge on any atom is 0.353 e. The number of nitrogens with two attached hydrogens (primary N) is 2. The number of hydrogen-bond acceptors (Lipinski definition) is 11. The monoisotopic (exact) mass is 604 g/mol. The number of fused-ring (bicyclic) bond motifs is 1. The molecule has 3 heterocycles. The first-order chi connectivity index (χ1) is 17.1. The van der Waals surface area contributed by atoms with Crippen molar-refractivity contribution in [3.05, 3.63) is 44.9 Å². The van der Waals surface area contributed by atoms with Crippen molar-refractivity contribution in [3.63, 3.8) is 0 Å². The highest BCUT2D eigenvalue weighted by atomic mass is 35.5. The number of amides is 2. The minimum atomic E-state index is -1.20. The molecule has 1 aromatic carbocycles. The van der Waals surface area contributed by atoms with E-state index in [1.807, 2.05) is 0 Å². The van der Waals surface area contributed by atoms with Gasteiger partial charge >= 0.3 is 5.97 Å². The van der Waals surface area contributed by atoms with Gasteiger partial charge in [-0.3, -0.25) is 14.5 Å². The second-order valence-corrected chi connectivity index (χ2v) is 12.7. The molecule has 2 amide bonds. The maximum absolute atomic E-state index is 12.8. The second kappa shape index (κ2) is 11.6. The van der Waals surface area contributed by atoms with E-state index in [0.29, 0.717) is 35.7 Å². The van der Waals surface area contributed by atoms with E-state index in [-0.39, 0.29) is 29.1 Å². The highest BCUT2D eigenvalue weighted by molar-refractivity contribution is 8.18. The molecule has 0 radical (unpaired) electrons. The first kappa shape index (κ1) is 27.1. The molecule has 190 valence electrons. The molecule has 1 saturated heterocycles. The van der Waals surface area contributed by atoms with Crippen molar-refractivity contribution in [1.82, 2.24) is 20.2 Å². The number of benzene rings is 1. The van der Waals surface area contributed by atoms with Gasteiger partial charge in [-0.05, 0) is 18.2 Å². The van der Waals surface area contributed by atoms with Crippen LogP contribution in [0.25, 0.3) is 0 Å². The Morgan fingerprint density at radius 3 is 2.69 bits per heavy atom. The van der Waals surface area contributed by atoms with Crippen molar-refractivity contribution in [2.24, 2.45) is 0 Å². The van der Waals surface area contributed by atoms with Gasteiger partial charge in [0.1, 0.15) is 28.0 Å². The van der Waals surface area contributed by atoms with Crippen LogP contribution in [0.2, 0.25) is 10.0 Å². The van der Waals surface area contributed by atoms with Crippen LogP contribution in [-0.4, -0.2) is 65.8 Å². The minimum absolute atomic E-state index is 0.0270. The average molecular weight is 606 g/mol. The van der Waals surface area contributed by atoms with E-state index in [4.69, 9.17) is 34.7 Å². The molecular weight excluding hydrogens is 587 g/mol. The van der Waals surface area contributed by atoms with E-state index < -0.39 is 23.3 Å². The van der Waals surface area contributed by atoms with Crippen LogP contribution in [0.5, 0.6) is 0 Å². The zero-order valence-corrected chi connectivity index (χ0v) is 22.9. The molecule has 0 unspecified atom stereocenters. The van der Waals surface area contributed by atoms with E-state index in [1.54, 1.807) is 24.3 Å². The van der Waals surface area contributed by atoms with Crippen molar-refractivity contribution in [2.75, 3.05) is 28.1 Å². The summed E-state index contributed by atoms with van der Waals surface area (Å²) in [6.45, 7) is 0. The van der Waals surface area contributed by atoms with Crippen LogP contribution < -0.4 is 16.8 Å². The lowest BCUT2D eigenvalue weighted by Gasteiger charge is -2.49. The van der Waals surface area contributed by atoms with Gasteiger partial charge in [-0.15, -0.1) is 35.3 Å². The highest BCUT2D eigenvalue weighted by Crippen LogP contribution is 2.44. The van der Waals surface area contributed by atoms with Gasteiger partial charge in [0.2, 0.25) is 11.9 Å². The third kappa shape index (κ3) is 6.11. The van der Waals surface area contributed by atoms with Gasteiger partial charge in [-0.25, -0.2) is 9.78 Å². The number of rotatable bonds is 9. The lowest BCUT2D eigenvalue weighted by molar-refractivity contribution is -0.150. The van der Waals surface area contributed by atoms with Crippen LogP contribution in [0.15, 0.2) is 44.8 Å². The van der Waals surface area contributed by atoms with Crippen molar-refractivity contribution < 1.29 is 19.5 Å². The van der Waals surface area contributed by atoms with Gasteiger partial charge in [-0.1, -0.05) is 35.0 Å². The van der Waals surface area contributed by atoms with Crippen molar-refractivity contribution in [1.29, 1.82) is 0 Å². The van der Waals surface area contributed by atoms with Gasteiger partial charge < -0.3 is 21.9 Å². The highest BCUT2D eigenvalue weighted by Gasteiger charge is 2.54. The fraction of sp³-hybridized carbons (Fsp3) is 0.250. The summed E-state index contributed by atoms with van der Waals surface area (Å²) < 4.78 is 0. The average Bonchev–Trinajstić information content (AvgIpc) is 2.82. The molecular formula is C20H18Cl2N6O4S4. The van der Waals surface area contributed by atoms with Crippen LogP contribution in [0.3, 0.4) is 0 Å². The van der Waals surface area contributed by atoms with E-state index in [0.717, 1.165) is 0 Å². The molecule has 16 heteroatoms. The van der Waals surface area contributed by atoms with Gasteiger partial charge in [0, 0.05) is 31.7 Å². The Bertz CT molecular complexity index is 1250. The molecule has 0 spiro atoms. The number of carbonyl (C=O) groups excluding carboxylic acids is 2. The zero-order chi connectivity index (χ0) is 26.0. The number of hydrogen-bond donors (Lipinski definition) is 4. The number of aromatic nitrogens is 2. The van der Waals surface area contributed by atoms with E-state index in [2.05, 4.69) is 15.3 Å². The number of carboxylic acid groups (broad SMARTS) is 1. The van der Waals surface area contributed by atoms with Crippen LogP contribution in [-0.2, 0) is 14.4 Å². The number of nitrogens with one attached hydrogen (secondary N) is 1. The molecule has 4 rings (SSSR count). The van der Waals surface area contributed by atoms with Crippen molar-refractivity contribution >= 4 is 99.8 Å². The summed E-state index contributed by atoms with van der Waals surface area (Å²) in [4.78, 5) is 47.7. The Hall–Kier alpha value is -1.97. The molecule has 2 aromatic rings. The predicted molar refractivity (Wildman–Crippen MR) is 146 cm³/mol. The summed E-state index contributed by atoms with van der Waals surface area (Å²) in [6, 6.07) is 5.72. The van der Waals surface area contributed by atoms with E-state index in [9.17, 15) is 19.5 Å². The van der Waals surface area contributed by atoms with Gasteiger partial charge in [0.25, 0.3) is 5.91 Å². The molecule has 0 aliphatic carbocycles. The number of nitrogens with zero attached hydrogens (tertiary/aromatic N) is 3. The molecule has 36 heavy (non-hydrogen) atoms. The summed E-state index contributed by atoms with van der Waals surface area (Å²) in [5.41, 5.74) is 11.2. The van der Waals surface area contributed by atoms with Crippen LogP contribution >= 0.6 is 70.2 Å². The lowest BCUT2D eigenvalue weighted by Crippen LogP contribution is -2.70. The van der Waals surface area contributed by atoms with E-state index in [1.165, 1.54) is 51.9 Å². The molecule has 6 N–H and O–H groups in total. The molecule has 0 bridgehead atoms. The van der Waals surface area contributed by atoms with E-state index >= 15 is 0 Å². The van der Waals surface area contributed by atoms with Crippen molar-refractivity contribution in [3.8, 4) is 0 Å². The number of carboxylic acids is 1. The van der Waals surface area contributed by atoms with Crippen LogP contribution in [0.1, 0.15) is 0 Å². The topological polar surface area (TPSA) is 165 Å². The number of aliphatic carboxylic acids is 1. The van der Waals surface area contributed by atoms with Gasteiger partial charge in [-0.2, -0.15) is 4.98 Å². The lowest BCUT2D eigenvalue weighted by atomic mass is 10.1. The summed E-state index contributed by atoms with van der Waals surface area (Å²) in [6.07, 6.45) is 0. The number of thioether (sulfide) groups is 4. The largest absolute Gasteiger partial charge is 0.477 e.